The van der Waals surface area contributed by atoms with Crippen molar-refractivity contribution < 1.29 is 19.4 Å². The zero-order valence-electron chi connectivity index (χ0n) is 12.4. The Kier molecular flexibility index (Phi) is 4.78. The van der Waals surface area contributed by atoms with E-state index in [9.17, 15) is 9.59 Å². The molecule has 0 aromatic heterocycles. The van der Waals surface area contributed by atoms with Gasteiger partial charge in [-0.05, 0) is 42.3 Å². The number of hydrogen-bond donors (Lipinski definition) is 2. The number of aromatic carboxylic acids is 1. The van der Waals surface area contributed by atoms with Gasteiger partial charge in [0.05, 0.1) is 18.2 Å². The lowest BCUT2D eigenvalue weighted by molar-refractivity contribution is 0.0691. The SMILES string of the molecule is COc1ccc(CNC(=O)c2ccccc2C(=O)O)c(C)c1. The highest BCUT2D eigenvalue weighted by Gasteiger charge is 2.15. The third-order valence-corrected chi connectivity index (χ3v) is 3.39. The fourth-order valence-corrected chi connectivity index (χ4v) is 2.13. The van der Waals surface area contributed by atoms with Crippen molar-refractivity contribution in [1.82, 2.24) is 5.32 Å². The molecule has 0 aliphatic heterocycles. The molecule has 0 unspecified atom stereocenters. The standard InChI is InChI=1S/C17H17NO4/c1-11-9-13(22-2)8-7-12(11)10-18-16(19)14-5-3-4-6-15(14)17(20)21/h3-9H,10H2,1-2H3,(H,18,19)(H,20,21). The van der Waals surface area contributed by atoms with Gasteiger partial charge in [0.25, 0.3) is 5.91 Å². The second kappa shape index (κ2) is 6.76. The maximum atomic E-state index is 12.2. The lowest BCUT2D eigenvalue weighted by Gasteiger charge is -2.10. The molecule has 0 fully saturated rings. The van der Waals surface area contributed by atoms with Crippen LogP contribution in [0.3, 0.4) is 0 Å². The third-order valence-electron chi connectivity index (χ3n) is 3.39. The molecule has 0 saturated carbocycles. The van der Waals surface area contributed by atoms with Crippen molar-refractivity contribution in [2.75, 3.05) is 7.11 Å². The van der Waals surface area contributed by atoms with Gasteiger partial charge in [-0.25, -0.2) is 4.79 Å². The number of aryl methyl sites for hydroxylation is 1. The van der Waals surface area contributed by atoms with E-state index in [-0.39, 0.29) is 11.1 Å². The number of ether oxygens (including phenoxy) is 1. The molecule has 0 saturated heterocycles. The summed E-state index contributed by atoms with van der Waals surface area (Å²) in [5.74, 6) is -0.775. The Morgan fingerprint density at radius 3 is 2.41 bits per heavy atom. The van der Waals surface area contributed by atoms with E-state index in [1.807, 2.05) is 25.1 Å². The summed E-state index contributed by atoms with van der Waals surface area (Å²) >= 11 is 0. The minimum absolute atomic E-state index is 0.00791. The lowest BCUT2D eigenvalue weighted by Crippen LogP contribution is -2.25. The summed E-state index contributed by atoms with van der Waals surface area (Å²) in [5.41, 5.74) is 2.08. The normalized spacial score (nSPS) is 10.1. The number of benzene rings is 2. The third kappa shape index (κ3) is 3.44. The molecule has 0 atom stereocenters. The highest BCUT2D eigenvalue weighted by molar-refractivity contribution is 6.04. The number of carbonyl (C=O) groups is 2. The summed E-state index contributed by atoms with van der Waals surface area (Å²) in [7, 11) is 1.60. The average Bonchev–Trinajstić information content (AvgIpc) is 2.53. The Morgan fingerprint density at radius 1 is 1.14 bits per heavy atom. The van der Waals surface area contributed by atoms with E-state index in [2.05, 4.69) is 5.32 Å². The number of carboxylic acids is 1. The summed E-state index contributed by atoms with van der Waals surface area (Å²) < 4.78 is 5.13. The van der Waals surface area contributed by atoms with Crippen LogP contribution in [0.25, 0.3) is 0 Å². The van der Waals surface area contributed by atoms with Gasteiger partial charge in [0, 0.05) is 6.54 Å². The molecule has 1 amide bonds. The minimum atomic E-state index is -1.12. The van der Waals surface area contributed by atoms with Crippen LogP contribution in [-0.2, 0) is 6.54 Å². The summed E-state index contributed by atoms with van der Waals surface area (Å²) in [6.45, 7) is 2.25. The molecule has 2 rings (SSSR count). The molecule has 5 nitrogen and oxygen atoms in total. The number of hydrogen-bond acceptors (Lipinski definition) is 3. The van der Waals surface area contributed by atoms with Crippen LogP contribution in [0.15, 0.2) is 42.5 Å². The number of methoxy groups -OCH3 is 1. The van der Waals surface area contributed by atoms with Crippen molar-refractivity contribution in [3.8, 4) is 5.75 Å². The minimum Gasteiger partial charge on any atom is -0.497 e. The van der Waals surface area contributed by atoms with E-state index in [1.165, 1.54) is 12.1 Å². The Morgan fingerprint density at radius 2 is 1.82 bits per heavy atom. The highest BCUT2D eigenvalue weighted by atomic mass is 16.5. The van der Waals surface area contributed by atoms with Crippen molar-refractivity contribution >= 4 is 11.9 Å². The first-order valence-electron chi connectivity index (χ1n) is 6.77. The van der Waals surface area contributed by atoms with Crippen LogP contribution in [0, 0.1) is 6.92 Å². The Labute approximate surface area is 128 Å². The topological polar surface area (TPSA) is 75.6 Å². The van der Waals surface area contributed by atoms with Crippen LogP contribution in [-0.4, -0.2) is 24.1 Å². The molecule has 0 heterocycles. The number of amides is 1. The van der Waals surface area contributed by atoms with E-state index >= 15 is 0 Å². The molecule has 0 aliphatic rings. The average molecular weight is 299 g/mol. The van der Waals surface area contributed by atoms with Crippen LogP contribution in [0.5, 0.6) is 5.75 Å². The van der Waals surface area contributed by atoms with Crippen LogP contribution in [0.4, 0.5) is 0 Å². The van der Waals surface area contributed by atoms with Gasteiger partial charge in [-0.1, -0.05) is 18.2 Å². The van der Waals surface area contributed by atoms with Crippen molar-refractivity contribution in [1.29, 1.82) is 0 Å². The van der Waals surface area contributed by atoms with Gasteiger partial charge in [-0.15, -0.1) is 0 Å². The van der Waals surface area contributed by atoms with E-state index in [4.69, 9.17) is 9.84 Å². The van der Waals surface area contributed by atoms with E-state index in [0.29, 0.717) is 6.54 Å². The second-order valence-corrected chi connectivity index (χ2v) is 4.83. The first-order chi connectivity index (χ1) is 10.5. The molecule has 0 radical (unpaired) electrons. The van der Waals surface area contributed by atoms with Gasteiger partial charge < -0.3 is 15.2 Å². The fourth-order valence-electron chi connectivity index (χ4n) is 2.13. The van der Waals surface area contributed by atoms with E-state index in [0.717, 1.165) is 16.9 Å². The van der Waals surface area contributed by atoms with Gasteiger partial charge in [0.1, 0.15) is 5.75 Å². The van der Waals surface area contributed by atoms with Gasteiger partial charge in [-0.3, -0.25) is 4.79 Å². The largest absolute Gasteiger partial charge is 0.497 e. The molecule has 2 N–H and O–H groups in total. The van der Waals surface area contributed by atoms with Crippen molar-refractivity contribution in [3.05, 3.63) is 64.7 Å². The molecule has 2 aromatic carbocycles. The number of carboxylic acid groups (broad SMARTS) is 1. The maximum absolute atomic E-state index is 12.2. The Hall–Kier alpha value is -2.82. The summed E-state index contributed by atoms with van der Waals surface area (Å²) in [6.07, 6.45) is 0. The number of carbonyl (C=O) groups excluding carboxylic acids is 1. The van der Waals surface area contributed by atoms with Gasteiger partial charge in [0.15, 0.2) is 0 Å². The molecule has 2 aromatic rings. The molecule has 0 bridgehead atoms. The lowest BCUT2D eigenvalue weighted by atomic mass is 10.1. The van der Waals surface area contributed by atoms with Gasteiger partial charge in [-0.2, -0.15) is 0 Å². The molecular weight excluding hydrogens is 282 g/mol. The maximum Gasteiger partial charge on any atom is 0.336 e. The number of nitrogens with one attached hydrogen (secondary N) is 1. The molecule has 22 heavy (non-hydrogen) atoms. The van der Waals surface area contributed by atoms with Crippen LogP contribution >= 0.6 is 0 Å². The fraction of sp³-hybridized carbons (Fsp3) is 0.176. The predicted molar refractivity (Wildman–Crippen MR) is 82.3 cm³/mol. The van der Waals surface area contributed by atoms with Crippen molar-refractivity contribution in [2.45, 2.75) is 13.5 Å². The summed E-state index contributed by atoms with van der Waals surface area (Å²) in [4.78, 5) is 23.3. The van der Waals surface area contributed by atoms with E-state index in [1.54, 1.807) is 19.2 Å². The van der Waals surface area contributed by atoms with Crippen molar-refractivity contribution in [2.24, 2.45) is 0 Å². The van der Waals surface area contributed by atoms with Crippen LogP contribution in [0.1, 0.15) is 31.8 Å². The zero-order valence-corrected chi connectivity index (χ0v) is 12.4. The van der Waals surface area contributed by atoms with Crippen molar-refractivity contribution in [3.63, 3.8) is 0 Å². The summed E-state index contributed by atoms with van der Waals surface area (Å²) in [5, 5.41) is 11.9. The molecule has 114 valence electrons. The second-order valence-electron chi connectivity index (χ2n) is 4.83. The van der Waals surface area contributed by atoms with E-state index < -0.39 is 11.9 Å². The first kappa shape index (κ1) is 15.6. The number of rotatable bonds is 5. The first-order valence-corrected chi connectivity index (χ1v) is 6.77. The quantitative estimate of drug-likeness (QED) is 0.890. The molecular formula is C17H17NO4. The van der Waals surface area contributed by atoms with Gasteiger partial charge in [0.2, 0.25) is 0 Å². The highest BCUT2D eigenvalue weighted by Crippen LogP contribution is 2.17. The molecule has 0 spiro atoms. The Balaban J connectivity index is 2.12. The predicted octanol–water partition coefficient (Wildman–Crippen LogP) is 2.63. The smallest absolute Gasteiger partial charge is 0.336 e. The summed E-state index contributed by atoms with van der Waals surface area (Å²) in [6, 6.07) is 11.7. The molecule has 0 aliphatic carbocycles. The van der Waals surface area contributed by atoms with Gasteiger partial charge >= 0.3 is 5.97 Å². The van der Waals surface area contributed by atoms with Crippen LogP contribution in [0.2, 0.25) is 0 Å². The Bertz CT molecular complexity index is 710. The molecule has 5 heteroatoms. The zero-order chi connectivity index (χ0) is 16.1. The van der Waals surface area contributed by atoms with Crippen LogP contribution < -0.4 is 10.1 Å². The monoisotopic (exact) mass is 299 g/mol.